The van der Waals surface area contributed by atoms with E-state index in [4.69, 9.17) is 5.11 Å². The monoisotopic (exact) mass is 192 g/mol. The molecule has 74 valence electrons. The van der Waals surface area contributed by atoms with Crippen LogP contribution in [0.1, 0.15) is 16.3 Å². The third kappa shape index (κ3) is 1.90. The zero-order valence-corrected chi connectivity index (χ0v) is 7.81. The van der Waals surface area contributed by atoms with Crippen molar-refractivity contribution in [3.63, 3.8) is 0 Å². The van der Waals surface area contributed by atoms with Gasteiger partial charge in [0.15, 0.2) is 0 Å². The summed E-state index contributed by atoms with van der Waals surface area (Å²) in [4.78, 5) is 14.8. The molecule has 4 heteroatoms. The van der Waals surface area contributed by atoms with Gasteiger partial charge in [0.25, 0.3) is 0 Å². The maximum absolute atomic E-state index is 10.8. The van der Waals surface area contributed by atoms with E-state index < -0.39 is 5.97 Å². The summed E-state index contributed by atoms with van der Waals surface area (Å²) in [6.45, 7) is 7.60. The van der Waals surface area contributed by atoms with Crippen LogP contribution in [0.2, 0.25) is 0 Å². The highest BCUT2D eigenvalue weighted by Crippen LogP contribution is 2.07. The molecule has 0 amide bonds. The highest BCUT2D eigenvalue weighted by molar-refractivity contribution is 5.85. The molecule has 0 saturated carbocycles. The van der Waals surface area contributed by atoms with Crippen molar-refractivity contribution in [2.75, 3.05) is 0 Å². The molecule has 1 aromatic heterocycles. The Balaban J connectivity index is 3.11. The van der Waals surface area contributed by atoms with Crippen LogP contribution >= 0.6 is 0 Å². The molecule has 0 aliphatic carbocycles. The van der Waals surface area contributed by atoms with Crippen molar-refractivity contribution in [2.45, 2.75) is 13.0 Å². The van der Waals surface area contributed by atoms with Crippen LogP contribution in [0.5, 0.6) is 0 Å². The van der Waals surface area contributed by atoms with Gasteiger partial charge in [-0.05, 0) is 0 Å². The molecule has 0 bridgehead atoms. The standard InChI is InChI=1S/C10H12N2O2/c1-3-5-9-11-7-8(10(13)14)12(9)6-4-2/h3-4,7H,1-2,5-6H2,(H,13,14). The fraction of sp³-hybridized carbons (Fsp3) is 0.200. The molecule has 0 radical (unpaired) electrons. The number of aromatic carboxylic acids is 1. The summed E-state index contributed by atoms with van der Waals surface area (Å²) < 4.78 is 1.61. The molecule has 1 aromatic rings. The van der Waals surface area contributed by atoms with Crippen molar-refractivity contribution in [3.8, 4) is 0 Å². The largest absolute Gasteiger partial charge is 0.477 e. The highest BCUT2D eigenvalue weighted by Gasteiger charge is 2.13. The molecule has 1 rings (SSSR count). The molecule has 14 heavy (non-hydrogen) atoms. The van der Waals surface area contributed by atoms with Crippen LogP contribution in [0, 0.1) is 0 Å². The normalized spacial score (nSPS) is 9.71. The molecular formula is C10H12N2O2. The second-order valence-corrected chi connectivity index (χ2v) is 2.76. The van der Waals surface area contributed by atoms with Gasteiger partial charge in [-0.15, -0.1) is 13.2 Å². The lowest BCUT2D eigenvalue weighted by Crippen LogP contribution is -2.10. The second kappa shape index (κ2) is 4.41. The van der Waals surface area contributed by atoms with Crippen molar-refractivity contribution in [1.29, 1.82) is 0 Å². The Labute approximate surface area is 82.2 Å². The summed E-state index contributed by atoms with van der Waals surface area (Å²) in [6, 6.07) is 0. The summed E-state index contributed by atoms with van der Waals surface area (Å²) >= 11 is 0. The van der Waals surface area contributed by atoms with Crippen molar-refractivity contribution in [3.05, 3.63) is 43.0 Å². The SMILES string of the molecule is C=CCc1ncc(C(=O)O)n1CC=C. The van der Waals surface area contributed by atoms with Crippen molar-refractivity contribution in [1.82, 2.24) is 9.55 Å². The molecule has 0 atom stereocenters. The van der Waals surface area contributed by atoms with E-state index in [1.807, 2.05) is 0 Å². The van der Waals surface area contributed by atoms with Crippen LogP contribution in [0.25, 0.3) is 0 Å². The minimum absolute atomic E-state index is 0.182. The minimum Gasteiger partial charge on any atom is -0.477 e. The first-order chi connectivity index (χ1) is 6.70. The number of rotatable bonds is 5. The summed E-state index contributed by atoms with van der Waals surface area (Å²) in [7, 11) is 0. The van der Waals surface area contributed by atoms with Gasteiger partial charge in [-0.2, -0.15) is 0 Å². The van der Waals surface area contributed by atoms with Crippen LogP contribution in [0.3, 0.4) is 0 Å². The molecule has 0 fully saturated rings. The number of nitrogens with zero attached hydrogens (tertiary/aromatic N) is 2. The lowest BCUT2D eigenvalue weighted by atomic mass is 10.4. The lowest BCUT2D eigenvalue weighted by Gasteiger charge is -2.04. The Morgan fingerprint density at radius 1 is 1.57 bits per heavy atom. The van der Waals surface area contributed by atoms with Crippen LogP contribution in [-0.4, -0.2) is 20.6 Å². The molecule has 0 saturated heterocycles. The number of aromatic nitrogens is 2. The van der Waals surface area contributed by atoms with Gasteiger partial charge < -0.3 is 9.67 Å². The van der Waals surface area contributed by atoms with Gasteiger partial charge >= 0.3 is 5.97 Å². The summed E-state index contributed by atoms with van der Waals surface area (Å²) in [6.07, 6.45) is 5.24. The molecule has 0 aliphatic heterocycles. The van der Waals surface area contributed by atoms with Crippen molar-refractivity contribution in [2.24, 2.45) is 0 Å². The van der Waals surface area contributed by atoms with E-state index in [0.717, 1.165) is 0 Å². The fourth-order valence-corrected chi connectivity index (χ4v) is 1.21. The van der Waals surface area contributed by atoms with E-state index in [1.165, 1.54) is 6.20 Å². The number of allylic oxidation sites excluding steroid dienone is 2. The quantitative estimate of drug-likeness (QED) is 0.719. The molecule has 0 aliphatic rings. The average Bonchev–Trinajstić information content (AvgIpc) is 2.50. The topological polar surface area (TPSA) is 55.1 Å². The van der Waals surface area contributed by atoms with Gasteiger partial charge in [0, 0.05) is 13.0 Å². The first-order valence-corrected chi connectivity index (χ1v) is 4.20. The summed E-state index contributed by atoms with van der Waals surface area (Å²) in [5, 5.41) is 8.85. The van der Waals surface area contributed by atoms with Gasteiger partial charge in [-0.3, -0.25) is 0 Å². The van der Waals surface area contributed by atoms with E-state index in [9.17, 15) is 4.79 Å². The van der Waals surface area contributed by atoms with E-state index in [2.05, 4.69) is 18.1 Å². The first-order valence-electron chi connectivity index (χ1n) is 4.20. The molecule has 0 spiro atoms. The van der Waals surface area contributed by atoms with E-state index in [-0.39, 0.29) is 5.69 Å². The number of hydrogen-bond donors (Lipinski definition) is 1. The molecular weight excluding hydrogens is 180 g/mol. The third-order valence-corrected chi connectivity index (χ3v) is 1.80. The molecule has 4 nitrogen and oxygen atoms in total. The van der Waals surface area contributed by atoms with Crippen molar-refractivity contribution < 1.29 is 9.90 Å². The van der Waals surface area contributed by atoms with E-state index in [0.29, 0.717) is 18.8 Å². The zero-order valence-electron chi connectivity index (χ0n) is 7.81. The van der Waals surface area contributed by atoms with Crippen molar-refractivity contribution >= 4 is 5.97 Å². The number of carboxylic acids is 1. The van der Waals surface area contributed by atoms with Gasteiger partial charge in [-0.25, -0.2) is 9.78 Å². The predicted octanol–water partition coefficient (Wildman–Crippen LogP) is 1.50. The average molecular weight is 192 g/mol. The Bertz CT molecular complexity index is 366. The van der Waals surface area contributed by atoms with Crippen LogP contribution in [0.4, 0.5) is 0 Å². The van der Waals surface area contributed by atoms with Gasteiger partial charge in [0.2, 0.25) is 0 Å². The van der Waals surface area contributed by atoms with Gasteiger partial charge in [-0.1, -0.05) is 12.2 Å². The Morgan fingerprint density at radius 3 is 2.79 bits per heavy atom. The first kappa shape index (κ1) is 10.2. The molecule has 0 aromatic carbocycles. The van der Waals surface area contributed by atoms with Crippen LogP contribution in [-0.2, 0) is 13.0 Å². The lowest BCUT2D eigenvalue weighted by molar-refractivity contribution is 0.0685. The molecule has 1 N–H and O–H groups in total. The third-order valence-electron chi connectivity index (χ3n) is 1.80. The Morgan fingerprint density at radius 2 is 2.29 bits per heavy atom. The number of carboxylic acid groups (broad SMARTS) is 1. The maximum atomic E-state index is 10.8. The summed E-state index contributed by atoms with van der Waals surface area (Å²) in [5.41, 5.74) is 0.182. The Hall–Kier alpha value is -1.84. The van der Waals surface area contributed by atoms with Crippen LogP contribution in [0.15, 0.2) is 31.5 Å². The van der Waals surface area contributed by atoms with E-state index in [1.54, 1.807) is 16.7 Å². The maximum Gasteiger partial charge on any atom is 0.354 e. The second-order valence-electron chi connectivity index (χ2n) is 2.76. The molecule has 0 unspecified atom stereocenters. The van der Waals surface area contributed by atoms with E-state index >= 15 is 0 Å². The Kier molecular flexibility index (Phi) is 3.23. The zero-order chi connectivity index (χ0) is 10.6. The van der Waals surface area contributed by atoms with Gasteiger partial charge in [0.1, 0.15) is 11.5 Å². The fourth-order valence-electron chi connectivity index (χ4n) is 1.21. The predicted molar refractivity (Wildman–Crippen MR) is 53.3 cm³/mol. The minimum atomic E-state index is -0.977. The number of imidazole rings is 1. The number of carbonyl (C=O) groups is 1. The summed E-state index contributed by atoms with van der Waals surface area (Å²) in [5.74, 6) is -0.285. The smallest absolute Gasteiger partial charge is 0.354 e. The molecule has 1 heterocycles. The highest BCUT2D eigenvalue weighted by atomic mass is 16.4. The van der Waals surface area contributed by atoms with Crippen LogP contribution < -0.4 is 0 Å². The van der Waals surface area contributed by atoms with Gasteiger partial charge in [0.05, 0.1) is 6.20 Å². The number of hydrogen-bond acceptors (Lipinski definition) is 2.